The Kier molecular flexibility index (Phi) is 10.9. The molecule has 1 aliphatic rings. The van der Waals surface area contributed by atoms with Crippen LogP contribution in [0.25, 0.3) is 0 Å². The molecule has 0 N–H and O–H groups in total. The zero-order valence-electron chi connectivity index (χ0n) is 18.2. The van der Waals surface area contributed by atoms with Gasteiger partial charge in [0.2, 0.25) is 0 Å². The van der Waals surface area contributed by atoms with Crippen molar-refractivity contribution in [1.29, 1.82) is 0 Å². The number of nitrogens with zero attached hydrogens (tertiary/aromatic N) is 1. The number of quaternary nitrogens is 1. The topological polar surface area (TPSA) is 18.5 Å². The molecule has 2 aromatic rings. The molecule has 1 heterocycles. The van der Waals surface area contributed by atoms with Gasteiger partial charge in [-0.15, -0.1) is 0 Å². The quantitative estimate of drug-likeness (QED) is 0.366. The van der Waals surface area contributed by atoms with Crippen LogP contribution in [0.15, 0.2) is 48.5 Å². The van der Waals surface area contributed by atoms with Gasteiger partial charge in [0.25, 0.3) is 0 Å². The van der Waals surface area contributed by atoms with Crippen LogP contribution in [0.3, 0.4) is 0 Å². The average molecular weight is 471 g/mol. The van der Waals surface area contributed by atoms with Crippen molar-refractivity contribution in [3.63, 3.8) is 0 Å². The molecule has 1 unspecified atom stereocenters. The molecule has 4 heteroatoms. The Morgan fingerprint density at radius 1 is 0.862 bits per heavy atom. The molecule has 3 rings (SSSR count). The summed E-state index contributed by atoms with van der Waals surface area (Å²) in [6.45, 7) is 11.6. The molecule has 0 amide bonds. The van der Waals surface area contributed by atoms with Crippen LogP contribution >= 0.6 is 0 Å². The molecule has 155 valence electrons. The van der Waals surface area contributed by atoms with E-state index in [4.69, 9.17) is 9.47 Å². The summed E-state index contributed by atoms with van der Waals surface area (Å²) in [5, 5.41) is 0. The van der Waals surface area contributed by atoms with Gasteiger partial charge >= 0.3 is 0 Å². The second-order valence-electron chi connectivity index (χ2n) is 8.25. The normalized spacial score (nSPS) is 19.2. The van der Waals surface area contributed by atoms with Crippen LogP contribution in [0.1, 0.15) is 42.4 Å². The first-order valence-corrected chi connectivity index (χ1v) is 10.8. The van der Waals surface area contributed by atoms with Gasteiger partial charge in [-0.25, -0.2) is 0 Å². The van der Waals surface area contributed by atoms with Crippen molar-refractivity contribution in [2.45, 2.75) is 46.1 Å². The van der Waals surface area contributed by atoms with Crippen molar-refractivity contribution in [3.8, 4) is 5.75 Å². The molecule has 0 saturated carbocycles. The van der Waals surface area contributed by atoms with Crippen LogP contribution in [-0.4, -0.2) is 43.9 Å². The van der Waals surface area contributed by atoms with E-state index in [1.165, 1.54) is 53.5 Å². The fraction of sp³-hybridized carbons (Fsp3) is 0.520. The first-order valence-electron chi connectivity index (χ1n) is 10.8. The zero-order chi connectivity index (χ0) is 19.7. The first kappa shape index (κ1) is 24.5. The second-order valence-corrected chi connectivity index (χ2v) is 8.25. The van der Waals surface area contributed by atoms with Gasteiger partial charge in [0.05, 0.1) is 32.9 Å². The van der Waals surface area contributed by atoms with Crippen molar-refractivity contribution in [2.24, 2.45) is 0 Å². The second kappa shape index (κ2) is 12.8. The largest absolute Gasteiger partial charge is 0.493 e. The summed E-state index contributed by atoms with van der Waals surface area (Å²) in [5.74, 6) is 1.07. The van der Waals surface area contributed by atoms with Crippen LogP contribution in [0.5, 0.6) is 5.75 Å². The molecule has 1 aliphatic heterocycles. The molecule has 3 nitrogen and oxygen atoms in total. The summed E-state index contributed by atoms with van der Waals surface area (Å²) in [7, 11) is 0. The predicted molar refractivity (Wildman–Crippen MR) is 116 cm³/mol. The van der Waals surface area contributed by atoms with E-state index in [9.17, 15) is 0 Å². The number of para-hydroxylation sites is 1. The van der Waals surface area contributed by atoms with Gasteiger partial charge in [-0.3, -0.25) is 0 Å². The number of unbranched alkanes of at least 4 members (excludes halogenated alkanes) is 2. The zero-order valence-corrected chi connectivity index (χ0v) is 21.1. The van der Waals surface area contributed by atoms with Crippen LogP contribution in [-0.2, 0) is 44.0 Å². The van der Waals surface area contributed by atoms with Crippen molar-refractivity contribution < 1.29 is 46.7 Å². The molecule has 1 fully saturated rings. The number of hydrogen-bond acceptors (Lipinski definition) is 2. The van der Waals surface area contributed by atoms with E-state index < -0.39 is 0 Å². The molecule has 0 bridgehead atoms. The minimum atomic E-state index is 0. The maximum absolute atomic E-state index is 6.08. The minimum absolute atomic E-state index is 0. The van der Waals surface area contributed by atoms with Crippen LogP contribution in [0, 0.1) is 13.8 Å². The van der Waals surface area contributed by atoms with Crippen molar-refractivity contribution in [3.05, 3.63) is 65.2 Å². The maximum atomic E-state index is 6.08. The van der Waals surface area contributed by atoms with Crippen LogP contribution in [0.4, 0.5) is 0 Å². The molecule has 0 aromatic heterocycles. The third-order valence-electron chi connectivity index (χ3n) is 5.92. The number of ether oxygens (including phenoxy) is 2. The Bertz CT molecular complexity index is 692. The minimum Gasteiger partial charge on any atom is -0.493 e. The molecule has 29 heavy (non-hydrogen) atoms. The average Bonchev–Trinajstić information content (AvgIpc) is 2.93. The Morgan fingerprint density at radius 2 is 1.62 bits per heavy atom. The summed E-state index contributed by atoms with van der Waals surface area (Å²) in [4.78, 5) is 0. The smallest absolute Gasteiger partial charge is 0.125 e. The van der Waals surface area contributed by atoms with E-state index >= 15 is 0 Å². The van der Waals surface area contributed by atoms with Gasteiger partial charge < -0.3 is 14.0 Å². The van der Waals surface area contributed by atoms with E-state index in [-0.39, 0.29) is 32.7 Å². The molecule has 2 aromatic carbocycles. The molecule has 1 saturated heterocycles. The van der Waals surface area contributed by atoms with E-state index in [1.807, 2.05) is 0 Å². The van der Waals surface area contributed by atoms with E-state index in [1.54, 1.807) is 0 Å². The van der Waals surface area contributed by atoms with Gasteiger partial charge in [0.15, 0.2) is 0 Å². The van der Waals surface area contributed by atoms with Gasteiger partial charge in [0, 0.05) is 44.7 Å². The first-order chi connectivity index (χ1) is 13.7. The Labute approximate surface area is 202 Å². The number of rotatable bonds is 9. The SMILES string of the molecule is Cc1cccc(C)c1OCCCCC[N+]1(Cc2ccccc2)CCCOCC1.[Y]. The van der Waals surface area contributed by atoms with Crippen LogP contribution in [0.2, 0.25) is 0 Å². The molecule has 0 spiro atoms. The standard InChI is InChI=1S/C25H36NO2.Y/c1-22-11-9-12-23(2)25(22)28-19-8-4-7-15-26(16-10-18-27-20-17-26)21-24-13-5-3-6-14-24;/h3,5-6,9,11-14H,4,7-8,10,15-21H2,1-2H3;/q+1;. The summed E-state index contributed by atoms with van der Waals surface area (Å²) < 4.78 is 13.0. The fourth-order valence-electron chi connectivity index (χ4n) is 4.33. The van der Waals surface area contributed by atoms with Crippen LogP contribution < -0.4 is 4.74 Å². The van der Waals surface area contributed by atoms with Crippen molar-refractivity contribution in [1.82, 2.24) is 0 Å². The third-order valence-corrected chi connectivity index (χ3v) is 5.92. The molecular weight excluding hydrogens is 435 g/mol. The molecule has 0 aliphatic carbocycles. The predicted octanol–water partition coefficient (Wildman–Crippen LogP) is 5.29. The molecule has 1 radical (unpaired) electrons. The summed E-state index contributed by atoms with van der Waals surface area (Å²) in [5.41, 5.74) is 3.91. The van der Waals surface area contributed by atoms with Crippen molar-refractivity contribution in [2.75, 3.05) is 39.5 Å². The summed E-state index contributed by atoms with van der Waals surface area (Å²) in [6.07, 6.45) is 4.77. The maximum Gasteiger partial charge on any atom is 0.125 e. The summed E-state index contributed by atoms with van der Waals surface area (Å²) in [6, 6.07) is 17.3. The van der Waals surface area contributed by atoms with Crippen molar-refractivity contribution >= 4 is 0 Å². The molecule has 1 atom stereocenters. The van der Waals surface area contributed by atoms with E-state index in [0.717, 1.165) is 45.1 Å². The van der Waals surface area contributed by atoms with E-state index in [2.05, 4.69) is 62.4 Å². The third kappa shape index (κ3) is 7.79. The summed E-state index contributed by atoms with van der Waals surface area (Å²) >= 11 is 0. The Morgan fingerprint density at radius 3 is 2.38 bits per heavy atom. The Balaban J connectivity index is 0.00000300. The fourth-order valence-corrected chi connectivity index (χ4v) is 4.33. The number of aryl methyl sites for hydroxylation is 2. The monoisotopic (exact) mass is 471 g/mol. The van der Waals surface area contributed by atoms with Gasteiger partial charge in [0.1, 0.15) is 18.8 Å². The number of hydrogen-bond donors (Lipinski definition) is 0. The Hall–Kier alpha value is -0.736. The van der Waals surface area contributed by atoms with Gasteiger partial charge in [-0.2, -0.15) is 0 Å². The van der Waals surface area contributed by atoms with E-state index in [0.29, 0.717) is 0 Å². The molecular formula is C25H36NO2Y+. The van der Waals surface area contributed by atoms with Gasteiger partial charge in [-0.05, 0) is 44.2 Å². The van der Waals surface area contributed by atoms with Gasteiger partial charge in [-0.1, -0.05) is 48.5 Å². The number of benzene rings is 2.